The lowest BCUT2D eigenvalue weighted by Crippen LogP contribution is -2.52. The van der Waals surface area contributed by atoms with Gasteiger partial charge in [-0.15, -0.1) is 0 Å². The molecule has 0 spiro atoms. The minimum Gasteiger partial charge on any atom is -0.352 e. The first-order valence-electron chi connectivity index (χ1n) is 12.7. The highest BCUT2D eigenvalue weighted by atomic mass is 35.5. The fraction of sp³-hybridized carbons (Fsp3) is 0.310. The predicted octanol–water partition coefficient (Wildman–Crippen LogP) is 6.48. The average molecular weight is 625 g/mol. The van der Waals surface area contributed by atoms with Crippen molar-refractivity contribution < 1.29 is 18.0 Å². The van der Waals surface area contributed by atoms with Crippen molar-refractivity contribution in [1.29, 1.82) is 0 Å². The van der Waals surface area contributed by atoms with Crippen molar-refractivity contribution in [3.05, 3.63) is 92.9 Å². The summed E-state index contributed by atoms with van der Waals surface area (Å²) in [4.78, 5) is 28.5. The Morgan fingerprint density at radius 1 is 0.925 bits per heavy atom. The van der Waals surface area contributed by atoms with Gasteiger partial charge in [-0.05, 0) is 74.7 Å². The molecule has 0 bridgehead atoms. The summed E-state index contributed by atoms with van der Waals surface area (Å²) in [5.41, 5.74) is 1.41. The van der Waals surface area contributed by atoms with Crippen LogP contribution in [0.25, 0.3) is 0 Å². The van der Waals surface area contributed by atoms with Crippen LogP contribution in [0.1, 0.15) is 38.3 Å². The van der Waals surface area contributed by atoms with Gasteiger partial charge in [0.1, 0.15) is 12.6 Å². The topological polar surface area (TPSA) is 86.8 Å². The minimum absolute atomic E-state index is 0.0111. The fourth-order valence-electron chi connectivity index (χ4n) is 3.97. The third kappa shape index (κ3) is 7.69. The van der Waals surface area contributed by atoms with E-state index < -0.39 is 28.5 Å². The molecule has 0 aliphatic rings. The van der Waals surface area contributed by atoms with Crippen molar-refractivity contribution in [3.63, 3.8) is 0 Å². The summed E-state index contributed by atoms with van der Waals surface area (Å²) in [6, 6.07) is 16.5. The Balaban J connectivity index is 2.08. The fourth-order valence-corrected chi connectivity index (χ4v) is 6.09. The lowest BCUT2D eigenvalue weighted by atomic mass is 10.1. The van der Waals surface area contributed by atoms with Crippen molar-refractivity contribution in [1.82, 2.24) is 10.2 Å². The first-order chi connectivity index (χ1) is 18.8. The number of anilines is 1. The Kier molecular flexibility index (Phi) is 10.9. The molecule has 3 aromatic carbocycles. The molecule has 0 aliphatic heterocycles. The monoisotopic (exact) mass is 623 g/mol. The zero-order valence-electron chi connectivity index (χ0n) is 22.7. The zero-order valence-corrected chi connectivity index (χ0v) is 25.8. The number of halogens is 3. The molecule has 0 unspecified atom stereocenters. The molecule has 1 N–H and O–H groups in total. The molecule has 40 heavy (non-hydrogen) atoms. The van der Waals surface area contributed by atoms with Crippen LogP contribution in [0, 0.1) is 6.92 Å². The molecule has 214 valence electrons. The standard InChI is InChI=1S/C29H32Cl3N3O4S/c1-5-20(3)33-29(37)21(4)34(17-22-12-14-23(30)15-26(22)32)28(36)18-35(27-16-24(31)13-11-19(27)2)40(38,39)25-9-7-6-8-10-25/h6-16,20-21H,5,17-18H2,1-4H3,(H,33,37)/t20-,21-/m1/s1. The number of amides is 2. The molecular formula is C29H32Cl3N3O4S. The molecule has 0 radical (unpaired) electrons. The van der Waals surface area contributed by atoms with Crippen LogP contribution in [0.2, 0.25) is 15.1 Å². The molecule has 2 atom stereocenters. The van der Waals surface area contributed by atoms with Crippen molar-refractivity contribution >= 4 is 62.3 Å². The first-order valence-corrected chi connectivity index (χ1v) is 15.3. The van der Waals surface area contributed by atoms with Crippen LogP contribution in [0.15, 0.2) is 71.6 Å². The average Bonchev–Trinajstić information content (AvgIpc) is 2.92. The minimum atomic E-state index is -4.19. The molecule has 2 amide bonds. The van der Waals surface area contributed by atoms with Gasteiger partial charge in [0, 0.05) is 27.7 Å². The quantitative estimate of drug-likeness (QED) is 0.265. The van der Waals surface area contributed by atoms with Crippen LogP contribution in [0.3, 0.4) is 0 Å². The number of benzene rings is 3. The van der Waals surface area contributed by atoms with Crippen molar-refractivity contribution in [2.45, 2.75) is 57.6 Å². The third-order valence-electron chi connectivity index (χ3n) is 6.57. The number of hydrogen-bond donors (Lipinski definition) is 1. The third-order valence-corrected chi connectivity index (χ3v) is 9.17. The number of nitrogens with one attached hydrogen (secondary N) is 1. The van der Waals surface area contributed by atoms with E-state index in [9.17, 15) is 18.0 Å². The van der Waals surface area contributed by atoms with Gasteiger partial charge in [0.25, 0.3) is 10.0 Å². The molecule has 0 saturated heterocycles. The molecule has 0 saturated carbocycles. The summed E-state index contributed by atoms with van der Waals surface area (Å²) in [7, 11) is -4.19. The van der Waals surface area contributed by atoms with Gasteiger partial charge in [0.05, 0.1) is 10.6 Å². The number of sulfonamides is 1. The smallest absolute Gasteiger partial charge is 0.264 e. The van der Waals surface area contributed by atoms with E-state index in [4.69, 9.17) is 34.8 Å². The van der Waals surface area contributed by atoms with Crippen molar-refractivity contribution in [3.8, 4) is 0 Å². The van der Waals surface area contributed by atoms with E-state index in [-0.39, 0.29) is 29.1 Å². The van der Waals surface area contributed by atoms with Crippen LogP contribution in [0.5, 0.6) is 0 Å². The van der Waals surface area contributed by atoms with E-state index >= 15 is 0 Å². The van der Waals surface area contributed by atoms with Gasteiger partial charge in [-0.1, -0.05) is 72.1 Å². The van der Waals surface area contributed by atoms with Gasteiger partial charge < -0.3 is 10.2 Å². The molecule has 0 aromatic heterocycles. The highest BCUT2D eigenvalue weighted by molar-refractivity contribution is 7.92. The van der Waals surface area contributed by atoms with E-state index in [1.165, 1.54) is 23.1 Å². The van der Waals surface area contributed by atoms with E-state index in [0.29, 0.717) is 32.6 Å². The summed E-state index contributed by atoms with van der Waals surface area (Å²) in [6.07, 6.45) is 0.701. The molecule has 0 aliphatic carbocycles. The maximum atomic E-state index is 14.0. The Labute approximate surface area is 251 Å². The number of nitrogens with zero attached hydrogens (tertiary/aromatic N) is 2. The molecule has 3 rings (SSSR count). The van der Waals surface area contributed by atoms with Gasteiger partial charge in [0.15, 0.2) is 0 Å². The predicted molar refractivity (Wildman–Crippen MR) is 162 cm³/mol. The number of carbonyl (C=O) groups excluding carboxylic acids is 2. The number of carbonyl (C=O) groups is 2. The SMILES string of the molecule is CC[C@@H](C)NC(=O)[C@@H](C)N(Cc1ccc(Cl)cc1Cl)C(=O)CN(c1cc(Cl)ccc1C)S(=O)(=O)c1ccccc1. The Hall–Kier alpha value is -2.78. The summed E-state index contributed by atoms with van der Waals surface area (Å²) in [6.45, 7) is 6.51. The molecule has 0 heterocycles. The maximum Gasteiger partial charge on any atom is 0.264 e. The van der Waals surface area contributed by atoms with E-state index in [0.717, 1.165) is 4.31 Å². The van der Waals surface area contributed by atoms with Crippen molar-refractivity contribution in [2.24, 2.45) is 0 Å². The summed E-state index contributed by atoms with van der Waals surface area (Å²) >= 11 is 18.7. The van der Waals surface area contributed by atoms with Crippen LogP contribution >= 0.6 is 34.8 Å². The van der Waals surface area contributed by atoms with Crippen LogP contribution in [-0.4, -0.2) is 43.8 Å². The lowest BCUT2D eigenvalue weighted by molar-refractivity contribution is -0.139. The van der Waals surface area contributed by atoms with Gasteiger partial charge in [0.2, 0.25) is 11.8 Å². The Morgan fingerprint density at radius 3 is 2.17 bits per heavy atom. The van der Waals surface area contributed by atoms with Gasteiger partial charge in [-0.2, -0.15) is 0 Å². The van der Waals surface area contributed by atoms with Crippen LogP contribution < -0.4 is 9.62 Å². The Bertz CT molecular complexity index is 1470. The molecular weight excluding hydrogens is 593 g/mol. The highest BCUT2D eigenvalue weighted by Crippen LogP contribution is 2.30. The zero-order chi connectivity index (χ0) is 29.6. The van der Waals surface area contributed by atoms with Crippen LogP contribution in [-0.2, 0) is 26.2 Å². The number of aryl methyl sites for hydroxylation is 1. The summed E-state index contributed by atoms with van der Waals surface area (Å²) in [5.74, 6) is -0.971. The second-order valence-corrected chi connectivity index (χ2v) is 12.6. The summed E-state index contributed by atoms with van der Waals surface area (Å²) < 4.78 is 28.8. The largest absolute Gasteiger partial charge is 0.352 e. The maximum absolute atomic E-state index is 14.0. The van der Waals surface area contributed by atoms with Gasteiger partial charge in [-0.25, -0.2) is 8.42 Å². The van der Waals surface area contributed by atoms with Gasteiger partial charge >= 0.3 is 0 Å². The second-order valence-electron chi connectivity index (χ2n) is 9.51. The summed E-state index contributed by atoms with van der Waals surface area (Å²) in [5, 5.41) is 3.95. The van der Waals surface area contributed by atoms with E-state index in [2.05, 4.69) is 5.32 Å². The normalized spacial score (nSPS) is 12.9. The molecule has 0 fully saturated rings. The number of hydrogen-bond acceptors (Lipinski definition) is 4. The van der Waals surface area contributed by atoms with E-state index in [1.54, 1.807) is 62.4 Å². The molecule has 11 heteroatoms. The van der Waals surface area contributed by atoms with E-state index in [1.807, 2.05) is 13.8 Å². The Morgan fingerprint density at radius 2 is 1.55 bits per heavy atom. The molecule has 3 aromatic rings. The van der Waals surface area contributed by atoms with Crippen LogP contribution in [0.4, 0.5) is 5.69 Å². The van der Waals surface area contributed by atoms with Gasteiger partial charge in [-0.3, -0.25) is 13.9 Å². The molecule has 7 nitrogen and oxygen atoms in total. The second kappa shape index (κ2) is 13.7. The lowest BCUT2D eigenvalue weighted by Gasteiger charge is -2.33. The highest BCUT2D eigenvalue weighted by Gasteiger charge is 2.33. The first kappa shape index (κ1) is 31.7. The van der Waals surface area contributed by atoms with Crippen molar-refractivity contribution in [2.75, 3.05) is 10.8 Å². The number of rotatable bonds is 11.